The van der Waals surface area contributed by atoms with Crippen molar-refractivity contribution in [3.8, 4) is 0 Å². The fraction of sp³-hybridized carbons (Fsp3) is 0.667. The molecule has 9 nitrogen and oxygen atoms in total. The molecule has 33 heavy (non-hydrogen) atoms. The Morgan fingerprint density at radius 1 is 1.48 bits per heavy atom. The minimum atomic E-state index is -2.68. The molecule has 0 amide bonds. The molecule has 8 atom stereocenters. The van der Waals surface area contributed by atoms with Gasteiger partial charge in [-0.2, -0.15) is 0 Å². The second-order valence-corrected chi connectivity index (χ2v) is 15.9. The first-order chi connectivity index (χ1) is 15.6. The van der Waals surface area contributed by atoms with Crippen molar-refractivity contribution in [2.24, 2.45) is 5.92 Å². The van der Waals surface area contributed by atoms with Crippen molar-refractivity contribution < 1.29 is 18.9 Å². The number of aliphatic hydroxyl groups excluding tert-OH is 1. The van der Waals surface area contributed by atoms with E-state index >= 15 is 0 Å². The first-order valence-electron chi connectivity index (χ1n) is 11.2. The molecule has 2 saturated heterocycles. The molecular formula is C21H30N5O4PS2. The summed E-state index contributed by atoms with van der Waals surface area (Å²) in [4.78, 5) is 12.6. The van der Waals surface area contributed by atoms with Crippen LogP contribution in [0.25, 0.3) is 11.2 Å². The number of aliphatic hydroxyl groups is 1. The lowest BCUT2D eigenvalue weighted by molar-refractivity contribution is -0.0355. The van der Waals surface area contributed by atoms with Crippen LogP contribution in [0.5, 0.6) is 0 Å². The van der Waals surface area contributed by atoms with Crippen molar-refractivity contribution in [1.82, 2.24) is 19.5 Å². The van der Waals surface area contributed by atoms with Gasteiger partial charge in [0.1, 0.15) is 24.1 Å². The molecule has 3 N–H and O–H groups in total. The maximum absolute atomic E-state index is 11.3. The summed E-state index contributed by atoms with van der Waals surface area (Å²) in [6, 6.07) is 0. The third kappa shape index (κ3) is 4.05. The number of nitrogen functional groups attached to an aromatic ring is 1. The molecule has 3 aliphatic rings. The zero-order valence-corrected chi connectivity index (χ0v) is 21.5. The van der Waals surface area contributed by atoms with Crippen molar-refractivity contribution in [3.63, 3.8) is 0 Å². The Bertz CT molecular complexity index is 1130. The number of nitrogens with zero attached hydrogens (tertiary/aromatic N) is 4. The van der Waals surface area contributed by atoms with Crippen LogP contribution >= 0.6 is 17.1 Å². The monoisotopic (exact) mass is 511 g/mol. The number of hydrogen-bond acceptors (Lipinski definition) is 10. The lowest BCUT2D eigenvalue weighted by Gasteiger charge is -2.37. The minimum Gasteiger partial charge on any atom is -0.386 e. The molecule has 2 aromatic rings. The zero-order valence-electron chi connectivity index (χ0n) is 19.0. The first kappa shape index (κ1) is 23.7. The highest BCUT2D eigenvalue weighted by Crippen LogP contribution is 2.76. The van der Waals surface area contributed by atoms with Crippen LogP contribution in [0.4, 0.5) is 5.82 Å². The van der Waals surface area contributed by atoms with Crippen LogP contribution in [-0.2, 0) is 25.6 Å². The van der Waals surface area contributed by atoms with Crippen molar-refractivity contribution >= 4 is 45.9 Å². The average molecular weight is 512 g/mol. The number of allylic oxidation sites excluding steroid dienone is 1. The molecule has 3 fully saturated rings. The van der Waals surface area contributed by atoms with Gasteiger partial charge < -0.3 is 24.6 Å². The van der Waals surface area contributed by atoms with E-state index in [-0.39, 0.29) is 22.8 Å². The van der Waals surface area contributed by atoms with Gasteiger partial charge in [0.25, 0.3) is 0 Å². The van der Waals surface area contributed by atoms with Crippen LogP contribution in [0.2, 0.25) is 0 Å². The summed E-state index contributed by atoms with van der Waals surface area (Å²) in [6.07, 6.45) is 3.96. The fourth-order valence-electron chi connectivity index (χ4n) is 5.05. The number of hydrogen-bond donors (Lipinski definition) is 2. The Labute approximate surface area is 202 Å². The van der Waals surface area contributed by atoms with E-state index in [4.69, 9.17) is 31.3 Å². The van der Waals surface area contributed by atoms with E-state index < -0.39 is 24.1 Å². The molecule has 0 radical (unpaired) electrons. The number of ether oxygens (including phenoxy) is 1. The van der Waals surface area contributed by atoms with E-state index in [1.165, 1.54) is 11.9 Å². The lowest BCUT2D eigenvalue weighted by atomic mass is 9.77. The predicted molar refractivity (Wildman–Crippen MR) is 132 cm³/mol. The minimum absolute atomic E-state index is 0.0244. The summed E-state index contributed by atoms with van der Waals surface area (Å²) in [5, 5.41) is 11.3. The highest BCUT2D eigenvalue weighted by atomic mass is 32.9. The molecule has 180 valence electrons. The normalized spacial score (nSPS) is 40.8. The van der Waals surface area contributed by atoms with E-state index in [0.717, 1.165) is 19.3 Å². The molecular weight excluding hydrogens is 481 g/mol. The van der Waals surface area contributed by atoms with Crippen LogP contribution in [0.3, 0.4) is 0 Å². The predicted octanol–water partition coefficient (Wildman–Crippen LogP) is 3.95. The molecule has 5 rings (SSSR count). The fourth-order valence-corrected chi connectivity index (χ4v) is 12.6. The Kier molecular flexibility index (Phi) is 6.13. The van der Waals surface area contributed by atoms with Crippen LogP contribution in [0.15, 0.2) is 24.8 Å². The molecule has 1 saturated carbocycles. The summed E-state index contributed by atoms with van der Waals surface area (Å²) in [6.45, 7) is 10.4. The van der Waals surface area contributed by atoms with Gasteiger partial charge in [-0.3, -0.25) is 4.57 Å². The summed E-state index contributed by atoms with van der Waals surface area (Å²) < 4.78 is 20.7. The number of aromatic nitrogens is 4. The van der Waals surface area contributed by atoms with E-state index in [1.54, 1.807) is 22.3 Å². The van der Waals surface area contributed by atoms with Crippen LogP contribution in [0, 0.1) is 5.92 Å². The Morgan fingerprint density at radius 3 is 3.00 bits per heavy atom. The number of nitrogens with two attached hydrogens (primary N) is 1. The van der Waals surface area contributed by atoms with Crippen LogP contribution in [-0.4, -0.2) is 53.8 Å². The summed E-state index contributed by atoms with van der Waals surface area (Å²) in [7, 11) is 0. The summed E-state index contributed by atoms with van der Waals surface area (Å²) in [5.74, 6) is 0.725. The van der Waals surface area contributed by atoms with Gasteiger partial charge >= 0.3 is 0 Å². The van der Waals surface area contributed by atoms with Crippen molar-refractivity contribution in [1.29, 1.82) is 0 Å². The number of fused-ring (bicyclic) bond motifs is 2. The second-order valence-electron chi connectivity index (χ2n) is 9.38. The topological polar surface area (TPSA) is 118 Å². The van der Waals surface area contributed by atoms with Gasteiger partial charge in [-0.1, -0.05) is 30.5 Å². The molecule has 0 unspecified atom stereocenters. The van der Waals surface area contributed by atoms with E-state index in [0.29, 0.717) is 23.5 Å². The third-order valence-corrected chi connectivity index (χ3v) is 12.8. The largest absolute Gasteiger partial charge is 0.386 e. The van der Waals surface area contributed by atoms with E-state index in [9.17, 15) is 5.11 Å². The Balaban J connectivity index is 1.37. The molecule has 1 aliphatic carbocycles. The molecule has 12 heteroatoms. The molecule has 0 bridgehead atoms. The summed E-state index contributed by atoms with van der Waals surface area (Å²) >= 11 is 7.61. The number of rotatable bonds is 5. The SMILES string of the molecule is C=C(C)[C@@H]1CC[C@]2(C)S[P@@](=S)(O[C@H]3[C@@H](O)[C@H](n4cnc5c(N)ncnc54)O[C@@H]3CC)O[C@H]2C1. The van der Waals surface area contributed by atoms with Gasteiger partial charge in [-0.15, -0.1) is 0 Å². The average Bonchev–Trinajstić information content (AvgIpc) is 3.39. The maximum Gasteiger partial charge on any atom is 0.248 e. The van der Waals surface area contributed by atoms with Gasteiger partial charge in [-0.25, -0.2) is 15.0 Å². The van der Waals surface area contributed by atoms with Gasteiger partial charge in [-0.05, 0) is 57.3 Å². The second kappa shape index (κ2) is 8.55. The van der Waals surface area contributed by atoms with Crippen LogP contribution in [0.1, 0.15) is 52.7 Å². The van der Waals surface area contributed by atoms with Gasteiger partial charge in [0.15, 0.2) is 17.7 Å². The van der Waals surface area contributed by atoms with E-state index in [2.05, 4.69) is 35.4 Å². The summed E-state index contributed by atoms with van der Waals surface area (Å²) in [5.41, 5.74) is 5.40. The highest BCUT2D eigenvalue weighted by Gasteiger charge is 2.56. The van der Waals surface area contributed by atoms with Crippen molar-refractivity contribution in [2.75, 3.05) is 5.73 Å². The standard InChI is InChI=1S/C21H30N5O4PS2/c1-5-13-17(16(27)20(28-13)26-10-25-15-18(22)23-9-24-19(15)26)30-31(32)29-14-8-12(11(2)3)6-7-21(14,4)33-31/h9-10,12-14,16-17,20,27H,2,5-8H2,1,3-4H3,(H2,22,23,24)/t12-,13-,14+,16-,17-,20-,21+,31-/m1/s1. The first-order valence-corrected chi connectivity index (χ1v) is 15.3. The number of anilines is 1. The number of imidazole rings is 1. The Morgan fingerprint density at radius 2 is 2.27 bits per heavy atom. The highest BCUT2D eigenvalue weighted by molar-refractivity contribution is 8.68. The quantitative estimate of drug-likeness (QED) is 0.451. The molecule has 2 aliphatic heterocycles. The Hall–Kier alpha value is -1.07. The third-order valence-electron chi connectivity index (χ3n) is 7.07. The van der Waals surface area contributed by atoms with Crippen LogP contribution < -0.4 is 5.73 Å². The molecule has 4 heterocycles. The zero-order chi connectivity index (χ0) is 23.5. The van der Waals surface area contributed by atoms with Gasteiger partial charge in [0.05, 0.1) is 18.5 Å². The molecule has 0 spiro atoms. The van der Waals surface area contributed by atoms with Crippen molar-refractivity contribution in [3.05, 3.63) is 24.8 Å². The van der Waals surface area contributed by atoms with Crippen molar-refractivity contribution in [2.45, 2.75) is 81.8 Å². The maximum atomic E-state index is 11.3. The molecule has 2 aromatic heterocycles. The smallest absolute Gasteiger partial charge is 0.248 e. The van der Waals surface area contributed by atoms with Gasteiger partial charge in [0, 0.05) is 4.75 Å². The van der Waals surface area contributed by atoms with Gasteiger partial charge in [0.2, 0.25) is 5.69 Å². The van der Waals surface area contributed by atoms with E-state index in [1.807, 2.05) is 6.92 Å². The lowest BCUT2D eigenvalue weighted by Crippen LogP contribution is -2.39. The molecule has 0 aromatic carbocycles.